The lowest BCUT2D eigenvalue weighted by molar-refractivity contribution is 0.457. The molecule has 0 aliphatic heterocycles. The molecule has 0 atom stereocenters. The lowest BCUT2D eigenvalue weighted by atomic mass is 9.88. The Kier molecular flexibility index (Phi) is 3.72. The van der Waals surface area contributed by atoms with E-state index in [1.54, 1.807) is 0 Å². The fourth-order valence-electron chi connectivity index (χ4n) is 1.93. The monoisotopic (exact) mass is 241 g/mol. The molecule has 1 heterocycles. The van der Waals surface area contributed by atoms with Crippen molar-refractivity contribution in [1.29, 1.82) is 0 Å². The summed E-state index contributed by atoms with van der Waals surface area (Å²) in [6.45, 7) is 4.90. The Morgan fingerprint density at radius 2 is 1.83 bits per heavy atom. The van der Waals surface area contributed by atoms with Crippen LogP contribution in [0.15, 0.2) is 42.6 Å². The minimum atomic E-state index is -0.0838. The molecule has 18 heavy (non-hydrogen) atoms. The zero-order chi connectivity index (χ0) is 13.0. The highest BCUT2D eigenvalue weighted by atomic mass is 14.9. The molecule has 94 valence electrons. The number of benzene rings is 1. The predicted octanol–water partition coefficient (Wildman–Crippen LogP) is 2.77. The van der Waals surface area contributed by atoms with E-state index in [-0.39, 0.29) is 5.41 Å². The summed E-state index contributed by atoms with van der Waals surface area (Å²) in [6.07, 6.45) is 2.70. The third kappa shape index (κ3) is 2.74. The van der Waals surface area contributed by atoms with Gasteiger partial charge in [0.2, 0.25) is 0 Å². The maximum absolute atomic E-state index is 5.65. The summed E-state index contributed by atoms with van der Waals surface area (Å²) < 4.78 is 0. The first-order chi connectivity index (χ1) is 8.63. The molecule has 0 saturated carbocycles. The third-order valence-electron chi connectivity index (χ3n) is 3.10. The Balaban J connectivity index is 2.37. The van der Waals surface area contributed by atoms with Crippen molar-refractivity contribution in [1.82, 2.24) is 9.97 Å². The summed E-state index contributed by atoms with van der Waals surface area (Å²) in [4.78, 5) is 9.06. The van der Waals surface area contributed by atoms with E-state index in [2.05, 4.69) is 35.9 Å². The van der Waals surface area contributed by atoms with Crippen LogP contribution in [0.5, 0.6) is 0 Å². The zero-order valence-electron chi connectivity index (χ0n) is 10.9. The number of rotatable bonds is 4. The van der Waals surface area contributed by atoms with E-state index >= 15 is 0 Å². The molecular weight excluding hydrogens is 222 g/mol. The molecule has 0 saturated heterocycles. The number of hydrogen-bond acceptors (Lipinski definition) is 3. The summed E-state index contributed by atoms with van der Waals surface area (Å²) in [6, 6.07) is 12.1. The van der Waals surface area contributed by atoms with Crippen LogP contribution in [0.1, 0.15) is 26.1 Å². The van der Waals surface area contributed by atoms with Gasteiger partial charge >= 0.3 is 0 Å². The maximum Gasteiger partial charge on any atom is 0.134 e. The fraction of sp³-hybridized carbons (Fsp3) is 0.333. The van der Waals surface area contributed by atoms with E-state index in [0.29, 0.717) is 6.54 Å². The molecular formula is C15H19N3. The molecule has 2 N–H and O–H groups in total. The fourth-order valence-corrected chi connectivity index (χ4v) is 1.93. The minimum Gasteiger partial charge on any atom is -0.330 e. The second-order valence-corrected chi connectivity index (χ2v) is 5.05. The highest BCUT2D eigenvalue weighted by Crippen LogP contribution is 2.25. The lowest BCUT2D eigenvalue weighted by Crippen LogP contribution is -2.24. The molecule has 0 bridgehead atoms. The molecule has 0 spiro atoms. The molecule has 3 nitrogen and oxygen atoms in total. The van der Waals surface area contributed by atoms with Crippen molar-refractivity contribution in [2.45, 2.75) is 25.7 Å². The van der Waals surface area contributed by atoms with Crippen LogP contribution in [0.4, 0.5) is 0 Å². The standard InChI is InChI=1S/C15H19N3/c1-15(2,9-10-16)14-17-11-8-13(18-14)12-6-4-3-5-7-12/h3-8,11H,9-10,16H2,1-2H3. The van der Waals surface area contributed by atoms with Crippen molar-refractivity contribution in [3.63, 3.8) is 0 Å². The topological polar surface area (TPSA) is 51.8 Å². The van der Waals surface area contributed by atoms with Gasteiger partial charge in [-0.2, -0.15) is 0 Å². The van der Waals surface area contributed by atoms with Crippen LogP contribution < -0.4 is 5.73 Å². The largest absolute Gasteiger partial charge is 0.330 e. The van der Waals surface area contributed by atoms with Gasteiger partial charge in [-0.15, -0.1) is 0 Å². The highest BCUT2D eigenvalue weighted by molar-refractivity contribution is 5.58. The molecule has 0 unspecified atom stereocenters. The van der Waals surface area contributed by atoms with Gasteiger partial charge in [-0.05, 0) is 19.0 Å². The average Bonchev–Trinajstić information content (AvgIpc) is 2.40. The van der Waals surface area contributed by atoms with Gasteiger partial charge in [0, 0.05) is 17.2 Å². The summed E-state index contributed by atoms with van der Waals surface area (Å²) >= 11 is 0. The quantitative estimate of drug-likeness (QED) is 0.895. The van der Waals surface area contributed by atoms with E-state index in [1.165, 1.54) is 0 Å². The van der Waals surface area contributed by atoms with Gasteiger partial charge in [0.05, 0.1) is 5.69 Å². The predicted molar refractivity (Wildman–Crippen MR) is 74.2 cm³/mol. The van der Waals surface area contributed by atoms with Gasteiger partial charge in [0.25, 0.3) is 0 Å². The van der Waals surface area contributed by atoms with Crippen molar-refractivity contribution < 1.29 is 0 Å². The molecule has 0 radical (unpaired) electrons. The Bertz CT molecular complexity index is 506. The van der Waals surface area contributed by atoms with Crippen molar-refractivity contribution in [3.8, 4) is 11.3 Å². The Labute approximate surface area is 108 Å². The molecule has 2 rings (SSSR count). The second kappa shape index (κ2) is 5.27. The molecule has 1 aromatic carbocycles. The number of aromatic nitrogens is 2. The first-order valence-electron chi connectivity index (χ1n) is 6.22. The first-order valence-corrected chi connectivity index (χ1v) is 6.22. The molecule has 0 aliphatic carbocycles. The SMILES string of the molecule is CC(C)(CCN)c1nccc(-c2ccccc2)n1. The lowest BCUT2D eigenvalue weighted by Gasteiger charge is -2.22. The molecule has 0 amide bonds. The Morgan fingerprint density at radius 3 is 2.50 bits per heavy atom. The van der Waals surface area contributed by atoms with Crippen LogP contribution >= 0.6 is 0 Å². The number of nitrogens with zero attached hydrogens (tertiary/aromatic N) is 2. The van der Waals surface area contributed by atoms with Gasteiger partial charge in [-0.25, -0.2) is 9.97 Å². The van der Waals surface area contributed by atoms with Crippen molar-refractivity contribution in [2.24, 2.45) is 5.73 Å². The van der Waals surface area contributed by atoms with Crippen LogP contribution in [0.25, 0.3) is 11.3 Å². The van der Waals surface area contributed by atoms with E-state index in [4.69, 9.17) is 5.73 Å². The van der Waals surface area contributed by atoms with Crippen LogP contribution in [0, 0.1) is 0 Å². The summed E-state index contributed by atoms with van der Waals surface area (Å²) in [5.41, 5.74) is 7.64. The van der Waals surface area contributed by atoms with Gasteiger partial charge in [0.1, 0.15) is 5.82 Å². The first kappa shape index (κ1) is 12.7. The Hall–Kier alpha value is -1.74. The number of hydrogen-bond donors (Lipinski definition) is 1. The van der Waals surface area contributed by atoms with Gasteiger partial charge in [-0.3, -0.25) is 0 Å². The van der Waals surface area contributed by atoms with Crippen molar-refractivity contribution >= 4 is 0 Å². The van der Waals surface area contributed by atoms with Gasteiger partial charge in [-0.1, -0.05) is 44.2 Å². The minimum absolute atomic E-state index is 0.0838. The van der Waals surface area contributed by atoms with Crippen LogP contribution in [0.2, 0.25) is 0 Å². The number of nitrogens with two attached hydrogens (primary N) is 1. The molecule has 3 heteroatoms. The summed E-state index contributed by atoms with van der Waals surface area (Å²) in [7, 11) is 0. The molecule has 0 fully saturated rings. The normalized spacial score (nSPS) is 11.5. The highest BCUT2D eigenvalue weighted by Gasteiger charge is 2.23. The third-order valence-corrected chi connectivity index (χ3v) is 3.10. The van der Waals surface area contributed by atoms with Crippen molar-refractivity contribution in [2.75, 3.05) is 6.54 Å². The second-order valence-electron chi connectivity index (χ2n) is 5.05. The van der Waals surface area contributed by atoms with Gasteiger partial charge in [0.15, 0.2) is 0 Å². The molecule has 0 aliphatic rings. The van der Waals surface area contributed by atoms with Crippen LogP contribution in [-0.4, -0.2) is 16.5 Å². The van der Waals surface area contributed by atoms with Crippen molar-refractivity contribution in [3.05, 3.63) is 48.4 Å². The van der Waals surface area contributed by atoms with E-state index in [1.807, 2.05) is 30.5 Å². The van der Waals surface area contributed by atoms with E-state index < -0.39 is 0 Å². The molecule has 2 aromatic rings. The molecule has 1 aromatic heterocycles. The zero-order valence-corrected chi connectivity index (χ0v) is 10.9. The summed E-state index contributed by atoms with van der Waals surface area (Å²) in [5, 5.41) is 0. The van der Waals surface area contributed by atoms with Gasteiger partial charge < -0.3 is 5.73 Å². The average molecular weight is 241 g/mol. The smallest absolute Gasteiger partial charge is 0.134 e. The van der Waals surface area contributed by atoms with E-state index in [9.17, 15) is 0 Å². The van der Waals surface area contributed by atoms with Crippen LogP contribution in [-0.2, 0) is 5.41 Å². The summed E-state index contributed by atoms with van der Waals surface area (Å²) in [5.74, 6) is 0.856. The van der Waals surface area contributed by atoms with E-state index in [0.717, 1.165) is 23.5 Å². The maximum atomic E-state index is 5.65. The van der Waals surface area contributed by atoms with Crippen LogP contribution in [0.3, 0.4) is 0 Å². The Morgan fingerprint density at radius 1 is 1.11 bits per heavy atom.